The largest absolute Gasteiger partial charge is 0.319 e. The lowest BCUT2D eigenvalue weighted by Gasteiger charge is -2.16. The molecule has 61 heavy (non-hydrogen) atoms. The summed E-state index contributed by atoms with van der Waals surface area (Å²) in [6, 6.07) is 70.5. The number of hydrogen-bond acceptors (Lipinski definition) is 0. The van der Waals surface area contributed by atoms with Gasteiger partial charge in [0.15, 0.2) is 5.69 Å². The Labute approximate surface area is 351 Å². The summed E-state index contributed by atoms with van der Waals surface area (Å²) < 4.78 is 6.96. The summed E-state index contributed by atoms with van der Waals surface area (Å²) in [6.07, 6.45) is 0. The van der Waals surface area contributed by atoms with Crippen molar-refractivity contribution >= 4 is 76.8 Å². The Morgan fingerprint density at radius 2 is 0.787 bits per heavy atom. The minimum atomic E-state index is 0.557. The van der Waals surface area contributed by atoms with E-state index in [1.165, 1.54) is 32.6 Å². The van der Waals surface area contributed by atoms with Crippen molar-refractivity contribution in [1.29, 1.82) is 0 Å². The molecule has 282 valence electrons. The Morgan fingerprint density at radius 3 is 1.41 bits per heavy atom. The van der Waals surface area contributed by atoms with Crippen molar-refractivity contribution in [2.24, 2.45) is 0 Å². The van der Waals surface area contributed by atoms with Gasteiger partial charge >= 0.3 is 0 Å². The topological polar surface area (TPSA) is 23.5 Å². The number of nitrogens with zero attached hydrogens (tertiary/aromatic N) is 5. The third-order valence-electron chi connectivity index (χ3n) is 12.2. The lowest BCUT2D eigenvalue weighted by Crippen LogP contribution is -1.98. The van der Waals surface area contributed by atoms with Crippen molar-refractivity contribution in [2.75, 3.05) is 0 Å². The Kier molecular flexibility index (Phi) is 7.59. The molecule has 0 unspecified atom stereocenters. The number of hydrogen-bond donors (Lipinski definition) is 0. The van der Waals surface area contributed by atoms with Crippen LogP contribution in [0, 0.1) is 13.1 Å². The van der Waals surface area contributed by atoms with Crippen LogP contribution in [-0.4, -0.2) is 13.7 Å². The van der Waals surface area contributed by atoms with Crippen LogP contribution in [0.15, 0.2) is 200 Å². The van der Waals surface area contributed by atoms with Crippen molar-refractivity contribution in [1.82, 2.24) is 13.7 Å². The molecule has 0 radical (unpaired) electrons. The zero-order valence-electron chi connectivity index (χ0n) is 32.8. The fourth-order valence-electron chi connectivity index (χ4n) is 9.55. The standard InChI is InChI=1S/C56H33N5/c1-57-40-25-28-55-47(34-40)45-18-9-13-23-53(45)61(55)56-33-37(24-27-49(56)58-2)39-30-38(36-14-4-3-5-15-36)31-42(32-39)60-52-22-12-8-19-46(52)48-35-41(26-29-54(48)60)59-50-20-10-6-16-43(50)44-17-7-11-21-51(44)59/h3-35H. The number of para-hydroxylation sites is 4. The molecule has 5 heteroatoms. The number of benzene rings is 9. The molecule has 0 fully saturated rings. The van der Waals surface area contributed by atoms with Gasteiger partial charge in [0, 0.05) is 38.3 Å². The highest BCUT2D eigenvalue weighted by Gasteiger charge is 2.20. The summed E-state index contributed by atoms with van der Waals surface area (Å²) in [6.45, 7) is 16.0. The second-order valence-electron chi connectivity index (χ2n) is 15.5. The molecule has 0 saturated carbocycles. The first-order valence-corrected chi connectivity index (χ1v) is 20.3. The lowest BCUT2D eigenvalue weighted by molar-refractivity contribution is 1.16. The fraction of sp³-hybridized carbons (Fsp3) is 0. The number of rotatable bonds is 5. The Hall–Kier alpha value is -8.64. The highest BCUT2D eigenvalue weighted by molar-refractivity contribution is 6.13. The second kappa shape index (κ2) is 13.5. The first-order valence-electron chi connectivity index (χ1n) is 20.3. The van der Waals surface area contributed by atoms with Gasteiger partial charge in [-0.1, -0.05) is 121 Å². The third-order valence-corrected chi connectivity index (χ3v) is 12.2. The van der Waals surface area contributed by atoms with E-state index in [9.17, 15) is 0 Å². The first-order chi connectivity index (χ1) is 30.2. The normalized spacial score (nSPS) is 11.6. The van der Waals surface area contributed by atoms with Crippen molar-refractivity contribution in [2.45, 2.75) is 0 Å². The van der Waals surface area contributed by atoms with E-state index >= 15 is 0 Å². The van der Waals surface area contributed by atoms with Crippen LogP contribution in [0.1, 0.15) is 0 Å². The molecule has 0 aliphatic carbocycles. The van der Waals surface area contributed by atoms with Crippen molar-refractivity contribution in [3.63, 3.8) is 0 Å². The van der Waals surface area contributed by atoms with Gasteiger partial charge < -0.3 is 13.7 Å². The van der Waals surface area contributed by atoms with Crippen molar-refractivity contribution in [3.8, 4) is 39.3 Å². The Bertz CT molecular complexity index is 3790. The quantitative estimate of drug-likeness (QED) is 0.156. The molecule has 0 N–H and O–H groups in total. The summed E-state index contributed by atoms with van der Waals surface area (Å²) in [4.78, 5) is 7.76. The molecule has 12 rings (SSSR count). The van der Waals surface area contributed by atoms with Crippen LogP contribution in [0.3, 0.4) is 0 Å². The maximum absolute atomic E-state index is 8.28. The number of fused-ring (bicyclic) bond motifs is 9. The Morgan fingerprint density at radius 1 is 0.295 bits per heavy atom. The van der Waals surface area contributed by atoms with Crippen LogP contribution in [0.4, 0.5) is 11.4 Å². The molecule has 0 aliphatic rings. The van der Waals surface area contributed by atoms with Gasteiger partial charge in [-0.25, -0.2) is 9.69 Å². The molecule has 9 aromatic carbocycles. The minimum Gasteiger partial charge on any atom is -0.319 e. The predicted octanol–water partition coefficient (Wildman–Crippen LogP) is 15.4. The van der Waals surface area contributed by atoms with Crippen molar-refractivity contribution in [3.05, 3.63) is 223 Å². The van der Waals surface area contributed by atoms with Crippen LogP contribution < -0.4 is 0 Å². The van der Waals surface area contributed by atoms with Gasteiger partial charge in [0.05, 0.1) is 51.9 Å². The summed E-state index contributed by atoms with van der Waals surface area (Å²) >= 11 is 0. The molecule has 0 bridgehead atoms. The average Bonchev–Trinajstić information content (AvgIpc) is 3.96. The van der Waals surface area contributed by atoms with Crippen LogP contribution in [-0.2, 0) is 0 Å². The smallest absolute Gasteiger partial charge is 0.210 e. The summed E-state index contributed by atoms with van der Waals surface area (Å²) in [5, 5.41) is 6.88. The predicted molar refractivity (Wildman–Crippen MR) is 253 cm³/mol. The van der Waals surface area contributed by atoms with E-state index in [1.54, 1.807) is 0 Å². The number of aromatic nitrogens is 3. The maximum atomic E-state index is 8.28. The minimum absolute atomic E-state index is 0.557. The van der Waals surface area contributed by atoms with Gasteiger partial charge in [-0.2, -0.15) is 0 Å². The van der Waals surface area contributed by atoms with Crippen LogP contribution in [0.2, 0.25) is 0 Å². The van der Waals surface area contributed by atoms with Gasteiger partial charge in [0.25, 0.3) is 0 Å². The van der Waals surface area contributed by atoms with Crippen LogP contribution >= 0.6 is 0 Å². The molecule has 0 atom stereocenters. The summed E-state index contributed by atoms with van der Waals surface area (Å²) in [7, 11) is 0. The molecular weight excluding hydrogens is 743 g/mol. The molecule has 0 spiro atoms. The maximum Gasteiger partial charge on any atom is 0.210 e. The molecule has 0 aliphatic heterocycles. The lowest BCUT2D eigenvalue weighted by atomic mass is 9.97. The van der Waals surface area contributed by atoms with Crippen LogP contribution in [0.25, 0.3) is 114 Å². The molecule has 3 aromatic heterocycles. The fourth-order valence-corrected chi connectivity index (χ4v) is 9.55. The third kappa shape index (κ3) is 5.25. The molecule has 0 amide bonds. The van der Waals surface area contributed by atoms with Gasteiger partial charge in [0.2, 0.25) is 5.69 Å². The van der Waals surface area contributed by atoms with Gasteiger partial charge in [-0.05, 0) is 107 Å². The van der Waals surface area contributed by atoms with E-state index in [-0.39, 0.29) is 0 Å². The molecule has 5 nitrogen and oxygen atoms in total. The highest BCUT2D eigenvalue weighted by Crippen LogP contribution is 2.42. The van der Waals surface area contributed by atoms with E-state index in [0.29, 0.717) is 11.4 Å². The molecule has 3 heterocycles. The first kappa shape index (κ1) is 34.4. The zero-order chi connectivity index (χ0) is 40.6. The molecule has 0 saturated heterocycles. The van der Waals surface area contributed by atoms with E-state index in [4.69, 9.17) is 13.1 Å². The SMILES string of the molecule is [C-]#[N+]c1ccc2c(c1)c1ccccc1n2-c1cc(-c2cc(-c3ccccc3)cc(-n3c4ccccc4c4cc(-n5c6ccccc6c6ccccc65)ccc43)c2)ccc1[N+]#[C-]. The van der Waals surface area contributed by atoms with Gasteiger partial charge in [-0.3, -0.25) is 0 Å². The second-order valence-corrected chi connectivity index (χ2v) is 15.5. The molecule has 12 aromatic rings. The van der Waals surface area contributed by atoms with Gasteiger partial charge in [0.1, 0.15) is 0 Å². The summed E-state index contributed by atoms with van der Waals surface area (Å²) in [5.41, 5.74) is 14.9. The van der Waals surface area contributed by atoms with Crippen LogP contribution in [0.5, 0.6) is 0 Å². The van der Waals surface area contributed by atoms with Crippen molar-refractivity contribution < 1.29 is 0 Å². The van der Waals surface area contributed by atoms with E-state index < -0.39 is 0 Å². The monoisotopic (exact) mass is 775 g/mol. The zero-order valence-corrected chi connectivity index (χ0v) is 32.8. The van der Waals surface area contributed by atoms with E-state index in [2.05, 4.69) is 187 Å². The van der Waals surface area contributed by atoms with Gasteiger partial charge in [-0.15, -0.1) is 0 Å². The van der Waals surface area contributed by atoms with E-state index in [1.807, 2.05) is 36.4 Å². The summed E-state index contributed by atoms with van der Waals surface area (Å²) in [5.74, 6) is 0. The highest BCUT2D eigenvalue weighted by atomic mass is 15.0. The molecular formula is C56H33N5. The average molecular weight is 776 g/mol. The van der Waals surface area contributed by atoms with E-state index in [0.717, 1.165) is 72.2 Å². The Balaban J connectivity index is 1.09.